The number of nitrogens with zero attached hydrogens (tertiary/aromatic N) is 4. The van der Waals surface area contributed by atoms with Crippen LogP contribution in [0.2, 0.25) is 5.02 Å². The molecule has 0 bridgehead atoms. The van der Waals surface area contributed by atoms with Gasteiger partial charge in [-0.3, -0.25) is 0 Å². The molecule has 1 amide bonds. The highest BCUT2D eigenvalue weighted by Crippen LogP contribution is 2.28. The molecule has 2 aromatic carbocycles. The van der Waals surface area contributed by atoms with Crippen molar-refractivity contribution in [3.63, 3.8) is 0 Å². The van der Waals surface area contributed by atoms with Crippen molar-refractivity contribution in [2.75, 3.05) is 25.0 Å². The maximum absolute atomic E-state index is 12.7. The molecule has 1 aliphatic heterocycles. The SMILES string of the molecule is CN(c1nc2ccccc2n1Cc1cccc(Cl)c1)[C@@H]1CCCN(C(=O)OC(C)(C)C)C1. The number of hydrogen-bond acceptors (Lipinski definition) is 4. The van der Waals surface area contributed by atoms with E-state index >= 15 is 0 Å². The van der Waals surface area contributed by atoms with Crippen LogP contribution in [0.4, 0.5) is 10.7 Å². The second kappa shape index (κ2) is 9.02. The summed E-state index contributed by atoms with van der Waals surface area (Å²) in [5.41, 5.74) is 2.65. The van der Waals surface area contributed by atoms with Gasteiger partial charge in [0.05, 0.1) is 17.6 Å². The number of halogens is 1. The third-order valence-electron chi connectivity index (χ3n) is 5.78. The van der Waals surface area contributed by atoms with Crippen molar-refractivity contribution in [1.82, 2.24) is 14.5 Å². The lowest BCUT2D eigenvalue weighted by Crippen LogP contribution is -2.50. The number of ether oxygens (including phenoxy) is 1. The number of fused-ring (bicyclic) bond motifs is 1. The van der Waals surface area contributed by atoms with Crippen LogP contribution in [0.3, 0.4) is 0 Å². The molecule has 1 fully saturated rings. The number of rotatable bonds is 4. The van der Waals surface area contributed by atoms with Crippen LogP contribution in [0.15, 0.2) is 48.5 Å². The number of benzene rings is 2. The first-order chi connectivity index (χ1) is 15.2. The fourth-order valence-corrected chi connectivity index (χ4v) is 4.45. The first kappa shape index (κ1) is 22.5. The number of amides is 1. The minimum Gasteiger partial charge on any atom is -0.444 e. The van der Waals surface area contributed by atoms with Gasteiger partial charge in [0, 0.05) is 31.2 Å². The second-order valence-corrected chi connectivity index (χ2v) is 9.89. The zero-order valence-corrected chi connectivity index (χ0v) is 20.0. The molecular weight excluding hydrogens is 424 g/mol. The molecule has 32 heavy (non-hydrogen) atoms. The molecule has 0 N–H and O–H groups in total. The van der Waals surface area contributed by atoms with E-state index in [9.17, 15) is 4.79 Å². The molecule has 0 aliphatic carbocycles. The average molecular weight is 455 g/mol. The summed E-state index contributed by atoms with van der Waals surface area (Å²) in [5.74, 6) is 0.891. The van der Waals surface area contributed by atoms with Gasteiger partial charge in [-0.2, -0.15) is 0 Å². The topological polar surface area (TPSA) is 50.6 Å². The number of carbonyl (C=O) groups is 1. The third-order valence-corrected chi connectivity index (χ3v) is 6.01. The van der Waals surface area contributed by atoms with Crippen LogP contribution in [-0.2, 0) is 11.3 Å². The van der Waals surface area contributed by atoms with Crippen molar-refractivity contribution in [1.29, 1.82) is 0 Å². The molecule has 0 spiro atoms. The highest BCUT2D eigenvalue weighted by Gasteiger charge is 2.31. The average Bonchev–Trinajstić information content (AvgIpc) is 3.10. The second-order valence-electron chi connectivity index (χ2n) is 9.45. The number of anilines is 1. The molecule has 3 aromatic rings. The van der Waals surface area contributed by atoms with Gasteiger partial charge in [0.2, 0.25) is 5.95 Å². The fourth-order valence-electron chi connectivity index (χ4n) is 4.23. The van der Waals surface area contributed by atoms with E-state index < -0.39 is 5.60 Å². The van der Waals surface area contributed by atoms with Crippen molar-refractivity contribution in [3.05, 3.63) is 59.1 Å². The number of aromatic nitrogens is 2. The summed E-state index contributed by atoms with van der Waals surface area (Å²) in [6, 6.07) is 16.3. The van der Waals surface area contributed by atoms with Crippen molar-refractivity contribution in [2.24, 2.45) is 0 Å². The van der Waals surface area contributed by atoms with Gasteiger partial charge in [-0.05, 0) is 63.4 Å². The van der Waals surface area contributed by atoms with Crippen LogP contribution in [0, 0.1) is 0 Å². The lowest BCUT2D eigenvalue weighted by Gasteiger charge is -2.38. The molecule has 0 radical (unpaired) electrons. The predicted molar refractivity (Wildman–Crippen MR) is 130 cm³/mol. The summed E-state index contributed by atoms with van der Waals surface area (Å²) in [6.07, 6.45) is 1.68. The minimum absolute atomic E-state index is 0.159. The van der Waals surface area contributed by atoms with Crippen molar-refractivity contribution in [3.8, 4) is 0 Å². The van der Waals surface area contributed by atoms with E-state index in [1.54, 1.807) is 0 Å². The summed E-state index contributed by atoms with van der Waals surface area (Å²) in [6.45, 7) is 7.71. The lowest BCUT2D eigenvalue weighted by atomic mass is 10.1. The number of piperidine rings is 1. The molecule has 7 heteroatoms. The third kappa shape index (κ3) is 5.01. The summed E-state index contributed by atoms with van der Waals surface area (Å²) >= 11 is 6.23. The van der Waals surface area contributed by atoms with Gasteiger partial charge in [-0.25, -0.2) is 9.78 Å². The Morgan fingerprint density at radius 1 is 1.22 bits per heavy atom. The van der Waals surface area contributed by atoms with Gasteiger partial charge in [0.15, 0.2) is 0 Å². The van der Waals surface area contributed by atoms with Gasteiger partial charge in [-0.1, -0.05) is 35.9 Å². The van der Waals surface area contributed by atoms with Crippen LogP contribution in [0.25, 0.3) is 11.0 Å². The van der Waals surface area contributed by atoms with Gasteiger partial charge in [0.25, 0.3) is 0 Å². The number of imidazole rings is 1. The maximum Gasteiger partial charge on any atom is 0.410 e. The van der Waals surface area contributed by atoms with E-state index in [1.807, 2.05) is 62.1 Å². The van der Waals surface area contributed by atoms with Crippen LogP contribution >= 0.6 is 11.6 Å². The Morgan fingerprint density at radius 3 is 2.75 bits per heavy atom. The standard InChI is InChI=1S/C25H31ClN4O2/c1-25(2,3)32-24(31)29-14-8-11-20(17-29)28(4)23-27-21-12-5-6-13-22(21)30(23)16-18-9-7-10-19(26)15-18/h5-7,9-10,12-13,15,20H,8,11,14,16-17H2,1-4H3/t20-/m1/s1. The molecule has 170 valence electrons. The lowest BCUT2D eigenvalue weighted by molar-refractivity contribution is 0.0199. The van der Waals surface area contributed by atoms with E-state index in [2.05, 4.69) is 28.6 Å². The quantitative estimate of drug-likeness (QED) is 0.516. The van der Waals surface area contributed by atoms with E-state index in [0.717, 1.165) is 47.0 Å². The summed E-state index contributed by atoms with van der Waals surface area (Å²) in [7, 11) is 2.07. The van der Waals surface area contributed by atoms with Crippen LogP contribution < -0.4 is 4.90 Å². The van der Waals surface area contributed by atoms with Gasteiger partial charge in [0.1, 0.15) is 5.60 Å². The summed E-state index contributed by atoms with van der Waals surface area (Å²) < 4.78 is 7.84. The molecule has 1 saturated heterocycles. The van der Waals surface area contributed by atoms with E-state index in [1.165, 1.54) is 0 Å². The summed E-state index contributed by atoms with van der Waals surface area (Å²) in [5, 5.41) is 0.724. The monoisotopic (exact) mass is 454 g/mol. The molecular formula is C25H31ClN4O2. The molecule has 1 aromatic heterocycles. The van der Waals surface area contributed by atoms with Crippen LogP contribution in [0.5, 0.6) is 0 Å². The number of likely N-dealkylation sites (N-methyl/N-ethyl adjacent to an activating group) is 1. The number of likely N-dealkylation sites (tertiary alicyclic amines) is 1. The van der Waals surface area contributed by atoms with Crippen molar-refractivity contribution in [2.45, 2.75) is 51.8 Å². The Bertz CT molecular complexity index is 1100. The normalized spacial score (nSPS) is 16.9. The highest BCUT2D eigenvalue weighted by atomic mass is 35.5. The predicted octanol–water partition coefficient (Wildman–Crippen LogP) is 5.57. The largest absolute Gasteiger partial charge is 0.444 e. The number of hydrogen-bond donors (Lipinski definition) is 0. The van der Waals surface area contributed by atoms with E-state index in [0.29, 0.717) is 13.1 Å². The van der Waals surface area contributed by atoms with Crippen molar-refractivity contribution < 1.29 is 9.53 Å². The highest BCUT2D eigenvalue weighted by molar-refractivity contribution is 6.30. The molecule has 1 atom stereocenters. The Balaban J connectivity index is 1.61. The molecule has 2 heterocycles. The van der Waals surface area contributed by atoms with Crippen LogP contribution in [0.1, 0.15) is 39.2 Å². The summed E-state index contributed by atoms with van der Waals surface area (Å²) in [4.78, 5) is 21.6. The van der Waals surface area contributed by atoms with Crippen molar-refractivity contribution >= 4 is 34.7 Å². The Labute approximate surface area is 194 Å². The van der Waals surface area contributed by atoms with E-state index in [4.69, 9.17) is 21.3 Å². The van der Waals surface area contributed by atoms with Gasteiger partial charge < -0.3 is 19.1 Å². The fraction of sp³-hybridized carbons (Fsp3) is 0.440. The molecule has 0 saturated carbocycles. The smallest absolute Gasteiger partial charge is 0.410 e. The maximum atomic E-state index is 12.7. The zero-order valence-electron chi connectivity index (χ0n) is 19.2. The Kier molecular flexibility index (Phi) is 6.33. The number of carbonyl (C=O) groups excluding carboxylic acids is 1. The van der Waals surface area contributed by atoms with Gasteiger partial charge in [-0.15, -0.1) is 0 Å². The van der Waals surface area contributed by atoms with Gasteiger partial charge >= 0.3 is 6.09 Å². The molecule has 1 aliphatic rings. The van der Waals surface area contributed by atoms with E-state index in [-0.39, 0.29) is 12.1 Å². The molecule has 4 rings (SSSR count). The Morgan fingerprint density at radius 2 is 2.00 bits per heavy atom. The number of para-hydroxylation sites is 2. The molecule has 6 nitrogen and oxygen atoms in total. The zero-order chi connectivity index (χ0) is 22.9. The first-order valence-electron chi connectivity index (χ1n) is 11.1. The Hall–Kier alpha value is -2.73. The first-order valence-corrected chi connectivity index (χ1v) is 11.5. The molecule has 0 unspecified atom stereocenters. The minimum atomic E-state index is -0.499. The van der Waals surface area contributed by atoms with Crippen LogP contribution in [-0.4, -0.2) is 52.3 Å².